The van der Waals surface area contributed by atoms with Crippen molar-refractivity contribution < 1.29 is 77.6 Å². The van der Waals surface area contributed by atoms with Gasteiger partial charge in [0.2, 0.25) is 5.95 Å². The molecule has 20 atom stereocenters. The van der Waals surface area contributed by atoms with Crippen molar-refractivity contribution in [2.45, 2.75) is 339 Å². The maximum absolute atomic E-state index is 13.1. The summed E-state index contributed by atoms with van der Waals surface area (Å²) in [4.78, 5) is 137. The Kier molecular flexibility index (Phi) is 33.3. The van der Waals surface area contributed by atoms with Crippen molar-refractivity contribution >= 4 is 180 Å². The van der Waals surface area contributed by atoms with Crippen LogP contribution in [0.4, 0.5) is 29.2 Å². The lowest BCUT2D eigenvalue weighted by molar-refractivity contribution is -0.172. The number of ether oxygens (including phenoxy) is 7. The van der Waals surface area contributed by atoms with Crippen LogP contribution < -0.4 is 26.6 Å². The van der Waals surface area contributed by atoms with Crippen molar-refractivity contribution in [1.29, 1.82) is 0 Å². The molecule has 8 aliphatic rings. The maximum Gasteiger partial charge on any atom is 0.303 e. The first-order chi connectivity index (χ1) is 70.1. The standard InChI is InChI=1S/C28H35N5O5S2.C27H36N6O4S.C26H33N5O4S2.C22H25N5O3S2/c1-8-9-18(35)22(36-15(4)34)16-12-17(24-23(16)37-28(5,6)38-24)31-25-20(13(2)30-27(33-25)39-7)26-32-21-14(3)29-11-10-19(21)40-26;1-5-6-18(34)22(35)16-11-17(24(37)23(16)36)31-25-20(26-32-21-14(4)28-10-9-19(21)38-26)13(3)30-27(33-25)29-12(2)15-7-8-15;1-7-8-16(32)20(33)14-11-15(22-21(14)34-26(4,5)35-22)29-23-18(12(2)28-25(31-23)36-6)24-30-19-13(3)27-10-9-17(19)37-24;1-10-15(20-26-16-11(2)23-7-6-14(16)32-20)19(27-21(24-10)31-5)25-13-8-12(9-28)17-18(13)30-22(3,4)29-17/h10-11,16-17,22-24H,8-9,12H2,1-7H3,(H,30,31,33);9-10,12,15-17,22-24,35-37H,5-8,11H2,1-4H3,(H2,29,30,31,33);9-10,14-15,20-22,33H,7-8,11H2,1-6H3,(H,28,29,31);6-7,9,12-13,17-18H,8H2,1-5H3,(H,24,25,27)/t16-,17-,22?,23-,24+;12-,16-,17-,22?,23-,24+;14-,15-,20?,21-,22+;12-,13-,17-,18+/m1111/s1. The first kappa shape index (κ1) is 109. The van der Waals surface area contributed by atoms with Crippen molar-refractivity contribution in [3.63, 3.8) is 0 Å². The van der Waals surface area contributed by atoms with Crippen LogP contribution in [-0.4, -0.2) is 263 Å². The minimum atomic E-state index is -1.32. The lowest BCUT2D eigenvalue weighted by Crippen LogP contribution is -2.40. The van der Waals surface area contributed by atoms with E-state index in [4.69, 9.17) is 88.0 Å². The molecule has 5 aliphatic carbocycles. The summed E-state index contributed by atoms with van der Waals surface area (Å²) in [5, 5.41) is 65.9. The van der Waals surface area contributed by atoms with Crippen LogP contribution in [0, 0.1) is 85.0 Å². The number of pyridine rings is 4. The Morgan fingerprint density at radius 2 is 0.755 bits per heavy atom. The van der Waals surface area contributed by atoms with Crippen LogP contribution in [0.5, 0.6) is 0 Å². The zero-order chi connectivity index (χ0) is 105. The second kappa shape index (κ2) is 45.1. The van der Waals surface area contributed by atoms with Crippen molar-refractivity contribution in [3.05, 3.63) is 94.6 Å². The van der Waals surface area contributed by atoms with Crippen LogP contribution in [0.15, 0.2) is 64.5 Å². The van der Waals surface area contributed by atoms with Gasteiger partial charge in [-0.25, -0.2) is 54.8 Å². The average molecular weight is 2140 g/mol. The first-order valence-electron chi connectivity index (χ1n) is 50.0. The highest BCUT2D eigenvalue weighted by Gasteiger charge is 2.60. The molecule has 9 N–H and O–H groups in total. The summed E-state index contributed by atoms with van der Waals surface area (Å²) in [5.41, 5.74) is 13.3. The lowest BCUT2D eigenvalue weighted by atomic mass is 9.92. The van der Waals surface area contributed by atoms with Gasteiger partial charge in [-0.2, -0.15) is 4.98 Å². The number of aliphatic hydroxyl groups excluding tert-OH is 4. The average Bonchev–Trinajstić information content (AvgIpc) is 1.59. The number of aliphatic hydroxyl groups is 4. The number of nitrogens with zero attached hydrogens (tertiary/aromatic N) is 16. The third-order valence-corrected chi connectivity index (χ3v) is 33.8. The summed E-state index contributed by atoms with van der Waals surface area (Å²) in [6.07, 6.45) is 13.3. The lowest BCUT2D eigenvalue weighted by Gasteiger charge is -2.28. The Morgan fingerprint density at radius 1 is 0.429 bits per heavy atom. The molecule has 3 saturated heterocycles. The molecule has 5 saturated carbocycles. The number of carbonyl (C=O) groups is 5. The minimum Gasteiger partial charge on any atom is -0.454 e. The zero-order valence-electron chi connectivity index (χ0n) is 86.5. The SMILES string of the molecule is CCCC(=O)C(O)[C@H]1C[C@@H](Nc2nc(N[C@H](C)C3CC3)nc(C)c2-c2nc3c(C)nccc3s2)[C@H](O)[C@@H]1O.CCCC(=O)C(O)[C@H]1C[C@@H](Nc2nc(SC)nc(C)c2-c2nc3c(C)nccc3s2)[C@@H]2OC(C)(C)O[C@@H]21.CCCC(=O)C(OC(C)=O)[C@H]1C[C@@H](Nc2nc(SC)nc(C)c2-c2nc3c(C)nccc3s2)[C@@H]2OC(C)(C)O[C@@H]21.CSc1nc(C)c(-c2nc3c(C)nccc3s2)c(N[C@@H]2C[C@H](C=O)[C@H]3OC(C)(C)O[C@H]32)n1. The quantitative estimate of drug-likeness (QED) is 0.00818. The van der Waals surface area contributed by atoms with E-state index in [-0.39, 0.29) is 96.5 Å². The number of esters is 1. The van der Waals surface area contributed by atoms with Gasteiger partial charge in [-0.1, -0.05) is 56.1 Å². The summed E-state index contributed by atoms with van der Waals surface area (Å²) in [6, 6.07) is 6.84. The monoisotopic (exact) mass is 2140 g/mol. The second-order valence-electron chi connectivity index (χ2n) is 40.2. The van der Waals surface area contributed by atoms with Crippen molar-refractivity contribution in [3.8, 4) is 42.3 Å². The minimum absolute atomic E-state index is 0.0999. The first-order valence-corrected chi connectivity index (χ1v) is 56.9. The molecule has 15 heterocycles. The molecule has 20 rings (SSSR count). The zero-order valence-corrected chi connectivity index (χ0v) is 92.2. The number of thioether (sulfide) groups is 3. The molecule has 3 unspecified atom stereocenters. The van der Waals surface area contributed by atoms with Gasteiger partial charge in [0, 0.05) is 80.7 Å². The van der Waals surface area contributed by atoms with Gasteiger partial charge in [-0.05, 0) is 211 Å². The van der Waals surface area contributed by atoms with E-state index in [2.05, 4.69) is 58.4 Å². The Bertz CT molecular complexity index is 6910. The molecule has 37 nitrogen and oxygen atoms in total. The normalized spacial score (nSPS) is 25.2. The molecule has 12 aromatic rings. The van der Waals surface area contributed by atoms with Gasteiger partial charge in [0.15, 0.2) is 56.3 Å². The van der Waals surface area contributed by atoms with Crippen LogP contribution in [0.1, 0.15) is 199 Å². The van der Waals surface area contributed by atoms with Crippen LogP contribution >= 0.6 is 80.6 Å². The Labute approximate surface area is 881 Å². The Balaban J connectivity index is 0.000000134. The summed E-state index contributed by atoms with van der Waals surface area (Å²) < 4.78 is 47.2. The van der Waals surface area contributed by atoms with Crippen LogP contribution in [0.3, 0.4) is 0 Å². The van der Waals surface area contributed by atoms with E-state index in [1.165, 1.54) is 66.4 Å². The smallest absolute Gasteiger partial charge is 0.303 e. The number of carbonyl (C=O) groups excluding carboxylic acids is 5. The van der Waals surface area contributed by atoms with Gasteiger partial charge in [0.1, 0.15) is 108 Å². The third-order valence-electron chi connectivity index (χ3n) is 28.0. The molecule has 3 aliphatic heterocycles. The number of aldehydes is 1. The van der Waals surface area contributed by atoms with Crippen molar-refractivity contribution in [2.24, 2.45) is 29.6 Å². The van der Waals surface area contributed by atoms with Crippen LogP contribution in [0.25, 0.3) is 83.2 Å². The topological polar surface area (TPSA) is 497 Å². The molecule has 784 valence electrons. The molecule has 0 bridgehead atoms. The van der Waals surface area contributed by atoms with E-state index < -0.39 is 78.0 Å². The number of nitrogens with one attached hydrogen (secondary N) is 5. The molecular weight excluding hydrogens is 2010 g/mol. The number of rotatable bonds is 32. The number of Topliss-reactive ketones (excluding diaryl/α,β-unsaturated/α-hetero) is 3. The maximum atomic E-state index is 13.1. The highest BCUT2D eigenvalue weighted by Crippen LogP contribution is 2.52. The summed E-state index contributed by atoms with van der Waals surface area (Å²) in [7, 11) is 0. The summed E-state index contributed by atoms with van der Waals surface area (Å²) in [5.74, 6) is -1.59. The number of thiazole rings is 4. The molecule has 44 heteroatoms. The summed E-state index contributed by atoms with van der Waals surface area (Å²) >= 11 is 10.7. The second-order valence-corrected chi connectivity index (χ2v) is 46.7. The molecule has 12 aromatic heterocycles. The molecule has 8 fully saturated rings. The van der Waals surface area contributed by atoms with E-state index in [0.717, 1.165) is 129 Å². The molecular formula is C103H129N21O16S7. The number of aromatic nitrogens is 16. The third kappa shape index (κ3) is 23.4. The van der Waals surface area contributed by atoms with Gasteiger partial charge in [-0.15, -0.1) is 45.3 Å². The molecule has 0 spiro atoms. The highest BCUT2D eigenvalue weighted by molar-refractivity contribution is 7.98. The fraction of sp³-hybridized carbons (Fsp3) is 0.563. The Hall–Kier alpha value is -9.72. The van der Waals surface area contributed by atoms with Gasteiger partial charge < -0.3 is 85.0 Å². The predicted octanol–water partition coefficient (Wildman–Crippen LogP) is 16.9. The van der Waals surface area contributed by atoms with E-state index >= 15 is 0 Å². The number of aryl methyl sites for hydroxylation is 8. The predicted molar refractivity (Wildman–Crippen MR) is 572 cm³/mol. The van der Waals surface area contributed by atoms with Crippen LogP contribution in [0.2, 0.25) is 0 Å². The largest absolute Gasteiger partial charge is 0.454 e. The van der Waals surface area contributed by atoms with E-state index in [1.807, 2.05) is 161 Å². The fourth-order valence-corrected chi connectivity index (χ4v) is 26.6. The van der Waals surface area contributed by atoms with Crippen LogP contribution in [-0.2, 0) is 57.1 Å². The number of hydrogen-bond acceptors (Lipinski definition) is 44. The number of anilines is 5. The van der Waals surface area contributed by atoms with E-state index in [1.54, 1.807) is 58.8 Å². The van der Waals surface area contributed by atoms with Gasteiger partial charge in [-0.3, -0.25) is 39.1 Å². The van der Waals surface area contributed by atoms with Gasteiger partial charge in [0.05, 0.1) is 135 Å². The molecule has 147 heavy (non-hydrogen) atoms. The molecule has 0 amide bonds. The van der Waals surface area contributed by atoms with Crippen molar-refractivity contribution in [1.82, 2.24) is 79.7 Å². The fourth-order valence-electron chi connectivity index (χ4n) is 20.9. The highest BCUT2D eigenvalue weighted by atomic mass is 32.2. The Morgan fingerprint density at radius 3 is 1.12 bits per heavy atom. The van der Waals surface area contributed by atoms with E-state index in [9.17, 15) is 44.4 Å². The van der Waals surface area contributed by atoms with Gasteiger partial charge >= 0.3 is 5.97 Å². The van der Waals surface area contributed by atoms with E-state index in [0.29, 0.717) is 108 Å². The summed E-state index contributed by atoms with van der Waals surface area (Å²) in [6.45, 7) is 36.0. The molecule has 0 radical (unpaired) electrons. The number of ketones is 3. The number of hydrogen-bond donors (Lipinski definition) is 9. The molecule has 0 aromatic carbocycles. The number of fused-ring (bicyclic) bond motifs is 7. The van der Waals surface area contributed by atoms with Crippen molar-refractivity contribution in [2.75, 3.05) is 45.4 Å². The van der Waals surface area contributed by atoms with Gasteiger partial charge in [0.25, 0.3) is 0 Å².